The van der Waals surface area contributed by atoms with Crippen LogP contribution in [-0.4, -0.2) is 33.4 Å². The molecule has 0 saturated heterocycles. The second-order valence-electron chi connectivity index (χ2n) is 6.09. The van der Waals surface area contributed by atoms with Crippen molar-refractivity contribution in [2.24, 2.45) is 0 Å². The third-order valence-corrected chi connectivity index (χ3v) is 4.21. The summed E-state index contributed by atoms with van der Waals surface area (Å²) in [5.41, 5.74) is 3.35. The first-order chi connectivity index (χ1) is 12.5. The van der Waals surface area contributed by atoms with Crippen LogP contribution < -0.4 is 10.2 Å². The van der Waals surface area contributed by atoms with Crippen LogP contribution in [-0.2, 0) is 4.79 Å². The highest BCUT2D eigenvalue weighted by Gasteiger charge is 2.31. The topological polar surface area (TPSA) is 105 Å². The summed E-state index contributed by atoms with van der Waals surface area (Å²) in [6.45, 7) is 1.62. The van der Waals surface area contributed by atoms with Gasteiger partial charge in [0.15, 0.2) is 0 Å². The fraction of sp³-hybridized carbons (Fsp3) is 0.105. The molecule has 0 unspecified atom stereocenters. The molecule has 1 aliphatic heterocycles. The molecule has 0 spiro atoms. The molecule has 0 radical (unpaired) electrons. The lowest BCUT2D eigenvalue weighted by molar-refractivity contribution is -0.114. The molecule has 2 heterocycles. The van der Waals surface area contributed by atoms with Gasteiger partial charge >= 0.3 is 0 Å². The minimum absolute atomic E-state index is 0.0824. The number of amides is 1. The number of hydrogen-bond donors (Lipinski definition) is 4. The van der Waals surface area contributed by atoms with Gasteiger partial charge in [0.2, 0.25) is 5.91 Å². The second kappa shape index (κ2) is 6.03. The lowest BCUT2D eigenvalue weighted by atomic mass is 10.2. The van der Waals surface area contributed by atoms with Crippen LogP contribution >= 0.6 is 0 Å². The van der Waals surface area contributed by atoms with Crippen molar-refractivity contribution in [3.8, 4) is 0 Å². The Balaban J connectivity index is 1.67. The second-order valence-corrected chi connectivity index (χ2v) is 6.09. The normalized spacial score (nSPS) is 14.3. The summed E-state index contributed by atoms with van der Waals surface area (Å²) in [6.07, 6.45) is 0. The average Bonchev–Trinajstić information content (AvgIpc) is 3.14. The number of amidine groups is 1. The predicted octanol–water partition coefficient (Wildman–Crippen LogP) is 3.29. The van der Waals surface area contributed by atoms with Crippen LogP contribution in [0.3, 0.4) is 0 Å². The summed E-state index contributed by atoms with van der Waals surface area (Å²) in [4.78, 5) is 20.6. The Kier molecular flexibility index (Phi) is 3.69. The molecule has 1 amide bonds. The molecular formula is C19H17N5O2. The summed E-state index contributed by atoms with van der Waals surface area (Å²) in [7, 11) is 0. The van der Waals surface area contributed by atoms with Crippen LogP contribution in [0, 0.1) is 5.41 Å². The molecule has 7 nitrogen and oxygen atoms in total. The third kappa shape index (κ3) is 2.69. The Hall–Kier alpha value is -3.61. The average molecular weight is 347 g/mol. The first-order valence-corrected chi connectivity index (χ1v) is 8.14. The fourth-order valence-corrected chi connectivity index (χ4v) is 3.07. The van der Waals surface area contributed by atoms with Gasteiger partial charge in [-0.3, -0.25) is 10.2 Å². The number of rotatable bonds is 3. The number of aromatic nitrogens is 2. The molecule has 130 valence electrons. The van der Waals surface area contributed by atoms with E-state index in [9.17, 15) is 9.90 Å². The number of anilines is 2. The zero-order chi connectivity index (χ0) is 18.3. The van der Waals surface area contributed by atoms with Gasteiger partial charge in [-0.05, 0) is 30.3 Å². The first-order valence-electron chi connectivity index (χ1n) is 8.14. The molecule has 0 aliphatic carbocycles. The minimum atomic E-state index is -0.164. The summed E-state index contributed by atoms with van der Waals surface area (Å²) in [6, 6.07) is 14.7. The number of H-pyrrole nitrogens is 1. The van der Waals surface area contributed by atoms with Crippen molar-refractivity contribution in [2.75, 3.05) is 16.8 Å². The number of fused-ring (bicyclic) bond motifs is 1. The van der Waals surface area contributed by atoms with E-state index in [4.69, 9.17) is 5.41 Å². The van der Waals surface area contributed by atoms with E-state index in [1.54, 1.807) is 23.1 Å². The number of hydrogen-bond acceptors (Lipinski definition) is 4. The molecule has 26 heavy (non-hydrogen) atoms. The van der Waals surface area contributed by atoms with Crippen LogP contribution in [0.15, 0.2) is 54.3 Å². The van der Waals surface area contributed by atoms with Gasteiger partial charge in [0.1, 0.15) is 17.4 Å². The van der Waals surface area contributed by atoms with Gasteiger partial charge in [-0.2, -0.15) is 0 Å². The molecule has 0 fully saturated rings. The van der Waals surface area contributed by atoms with Gasteiger partial charge in [0, 0.05) is 18.3 Å². The summed E-state index contributed by atoms with van der Waals surface area (Å²) < 4.78 is 0. The number of nitrogens with zero attached hydrogens (tertiary/aromatic N) is 2. The highest BCUT2D eigenvalue weighted by molar-refractivity contribution is 6.30. The molecular weight excluding hydrogens is 330 g/mol. The number of carbonyl (C=O) groups excluding carboxylic acids is 1. The molecule has 0 saturated carbocycles. The van der Waals surface area contributed by atoms with Crippen molar-refractivity contribution in [1.29, 1.82) is 5.41 Å². The van der Waals surface area contributed by atoms with Crippen molar-refractivity contribution in [2.45, 2.75) is 6.92 Å². The van der Waals surface area contributed by atoms with Gasteiger partial charge < -0.3 is 20.3 Å². The molecule has 0 bridgehead atoms. The van der Waals surface area contributed by atoms with Crippen LogP contribution in [0.25, 0.3) is 16.6 Å². The molecule has 3 aromatic rings. The van der Waals surface area contributed by atoms with E-state index in [0.717, 1.165) is 11.0 Å². The SMILES string of the molecule is CC(=O)Nc1cccc(N2CC(O)=C(c3nc4ccccc4[nH]3)C2=N)c1. The molecule has 4 N–H and O–H groups in total. The summed E-state index contributed by atoms with van der Waals surface area (Å²) >= 11 is 0. The Bertz CT molecular complexity index is 1030. The Morgan fingerprint density at radius 1 is 1.27 bits per heavy atom. The molecule has 2 aromatic carbocycles. The lowest BCUT2D eigenvalue weighted by Crippen LogP contribution is -2.26. The van der Waals surface area contributed by atoms with E-state index in [1.165, 1.54) is 6.92 Å². The highest BCUT2D eigenvalue weighted by atomic mass is 16.3. The maximum absolute atomic E-state index is 11.3. The molecule has 0 atom stereocenters. The molecule has 7 heteroatoms. The number of imidazole rings is 1. The number of aromatic amines is 1. The minimum Gasteiger partial charge on any atom is -0.509 e. The molecule has 4 rings (SSSR count). The predicted molar refractivity (Wildman–Crippen MR) is 101 cm³/mol. The number of nitrogens with one attached hydrogen (secondary N) is 3. The molecule has 1 aromatic heterocycles. The maximum Gasteiger partial charge on any atom is 0.221 e. The van der Waals surface area contributed by atoms with Crippen LogP contribution in [0.4, 0.5) is 11.4 Å². The zero-order valence-electron chi connectivity index (χ0n) is 14.1. The Labute approximate surface area is 149 Å². The van der Waals surface area contributed by atoms with Gasteiger partial charge in [0.05, 0.1) is 23.2 Å². The van der Waals surface area contributed by atoms with Crippen molar-refractivity contribution in [1.82, 2.24) is 9.97 Å². The highest BCUT2D eigenvalue weighted by Crippen LogP contribution is 2.31. The maximum atomic E-state index is 11.3. The lowest BCUT2D eigenvalue weighted by Gasteiger charge is -2.19. The van der Waals surface area contributed by atoms with Crippen LogP contribution in [0.5, 0.6) is 0 Å². The van der Waals surface area contributed by atoms with Crippen molar-refractivity contribution in [3.63, 3.8) is 0 Å². The third-order valence-electron chi connectivity index (χ3n) is 4.21. The summed E-state index contributed by atoms with van der Waals surface area (Å²) in [5, 5.41) is 21.7. The number of aliphatic hydroxyl groups excluding tert-OH is 1. The van der Waals surface area contributed by atoms with Gasteiger partial charge in [0.25, 0.3) is 0 Å². The Morgan fingerprint density at radius 3 is 2.85 bits per heavy atom. The largest absolute Gasteiger partial charge is 0.509 e. The van der Waals surface area contributed by atoms with Crippen molar-refractivity contribution >= 4 is 39.7 Å². The van der Waals surface area contributed by atoms with E-state index >= 15 is 0 Å². The number of benzene rings is 2. The number of aliphatic hydroxyl groups is 1. The first kappa shape index (κ1) is 15.9. The standard InChI is InChI=1S/C19H17N5O2/c1-11(25)21-12-5-4-6-13(9-12)24-10-16(26)17(18(24)20)19-22-14-7-2-3-8-15(14)23-19/h2-9,20,26H,10H2,1H3,(H,21,25)(H,22,23). The van der Waals surface area contributed by atoms with Gasteiger partial charge in [-0.1, -0.05) is 18.2 Å². The van der Waals surface area contributed by atoms with E-state index < -0.39 is 0 Å². The van der Waals surface area contributed by atoms with Crippen molar-refractivity contribution in [3.05, 3.63) is 60.1 Å². The van der Waals surface area contributed by atoms with E-state index in [1.807, 2.05) is 30.3 Å². The quantitative estimate of drug-likeness (QED) is 0.583. The zero-order valence-corrected chi connectivity index (χ0v) is 14.1. The number of para-hydroxylation sites is 2. The Morgan fingerprint density at radius 2 is 2.08 bits per heavy atom. The van der Waals surface area contributed by atoms with Crippen LogP contribution in [0.1, 0.15) is 12.7 Å². The van der Waals surface area contributed by atoms with Crippen molar-refractivity contribution < 1.29 is 9.90 Å². The van der Waals surface area contributed by atoms with E-state index in [2.05, 4.69) is 15.3 Å². The summed E-state index contributed by atoms with van der Waals surface area (Å²) in [5.74, 6) is 0.539. The number of carbonyl (C=O) groups is 1. The van der Waals surface area contributed by atoms with E-state index in [0.29, 0.717) is 22.8 Å². The monoisotopic (exact) mass is 347 g/mol. The molecule has 1 aliphatic rings. The van der Waals surface area contributed by atoms with Gasteiger partial charge in [-0.25, -0.2) is 4.98 Å². The van der Waals surface area contributed by atoms with Crippen LogP contribution in [0.2, 0.25) is 0 Å². The van der Waals surface area contributed by atoms with Gasteiger partial charge in [-0.15, -0.1) is 0 Å². The van der Waals surface area contributed by atoms with E-state index in [-0.39, 0.29) is 24.0 Å². The fourth-order valence-electron chi connectivity index (χ4n) is 3.07. The smallest absolute Gasteiger partial charge is 0.221 e.